The van der Waals surface area contributed by atoms with Gasteiger partial charge in [0, 0.05) is 6.42 Å². The molecule has 3 rings (SSSR count). The summed E-state index contributed by atoms with van der Waals surface area (Å²) in [6, 6.07) is 26.2. The molecule has 0 saturated heterocycles. The topological polar surface area (TPSA) is 90.2 Å². The average molecular weight is 398 g/mol. The first kappa shape index (κ1) is 20.8. The molecule has 2 N–H and O–H groups in total. The van der Waals surface area contributed by atoms with Gasteiger partial charge in [0.1, 0.15) is 6.04 Å². The quantitative estimate of drug-likeness (QED) is 0.635. The molecule has 3 aromatic rings. The summed E-state index contributed by atoms with van der Waals surface area (Å²) in [6.45, 7) is 1.79. The first-order chi connectivity index (χ1) is 14.5. The summed E-state index contributed by atoms with van der Waals surface area (Å²) in [5, 5.41) is 21.8. The summed E-state index contributed by atoms with van der Waals surface area (Å²) in [5.74, 6) is -1.57. The predicted molar refractivity (Wildman–Crippen MR) is 114 cm³/mol. The van der Waals surface area contributed by atoms with Crippen molar-refractivity contribution in [2.45, 2.75) is 24.8 Å². The fourth-order valence-corrected chi connectivity index (χ4v) is 3.50. The van der Waals surface area contributed by atoms with Crippen LogP contribution in [0, 0.1) is 11.3 Å². The Kier molecular flexibility index (Phi) is 6.29. The van der Waals surface area contributed by atoms with Crippen LogP contribution >= 0.6 is 0 Å². The van der Waals surface area contributed by atoms with E-state index in [4.69, 9.17) is 0 Å². The third-order valence-corrected chi connectivity index (χ3v) is 5.32. The second kappa shape index (κ2) is 9.06. The molecule has 30 heavy (non-hydrogen) atoms. The lowest BCUT2D eigenvalue weighted by molar-refractivity contribution is -0.142. The second-order valence-electron chi connectivity index (χ2n) is 7.19. The molecule has 0 bridgehead atoms. The average Bonchev–Trinajstić information content (AvgIpc) is 2.79. The largest absolute Gasteiger partial charge is 0.480 e. The van der Waals surface area contributed by atoms with Crippen LogP contribution in [-0.2, 0) is 21.4 Å². The molecule has 0 radical (unpaired) electrons. The van der Waals surface area contributed by atoms with Gasteiger partial charge >= 0.3 is 5.97 Å². The van der Waals surface area contributed by atoms with E-state index in [9.17, 15) is 20.0 Å². The summed E-state index contributed by atoms with van der Waals surface area (Å²) >= 11 is 0. The number of nitrogens with one attached hydrogen (secondary N) is 1. The zero-order chi connectivity index (χ0) is 21.6. The molecule has 3 aromatic carbocycles. The highest BCUT2D eigenvalue weighted by atomic mass is 16.4. The number of hydrogen-bond donors (Lipinski definition) is 2. The van der Waals surface area contributed by atoms with Gasteiger partial charge in [-0.15, -0.1) is 0 Å². The van der Waals surface area contributed by atoms with Crippen LogP contribution in [0.25, 0.3) is 0 Å². The Morgan fingerprint density at radius 1 is 0.933 bits per heavy atom. The maximum atomic E-state index is 13.5. The van der Waals surface area contributed by atoms with E-state index in [1.54, 1.807) is 31.2 Å². The number of nitrogens with zero attached hydrogens (tertiary/aromatic N) is 1. The fraction of sp³-hybridized carbons (Fsp3) is 0.160. The van der Waals surface area contributed by atoms with E-state index in [0.29, 0.717) is 11.1 Å². The van der Waals surface area contributed by atoms with Crippen LogP contribution < -0.4 is 5.32 Å². The zero-order valence-electron chi connectivity index (χ0n) is 16.6. The summed E-state index contributed by atoms with van der Waals surface area (Å²) in [6.07, 6.45) is 0.0183. The van der Waals surface area contributed by atoms with Crippen molar-refractivity contribution in [2.24, 2.45) is 0 Å². The van der Waals surface area contributed by atoms with Crippen molar-refractivity contribution in [3.8, 4) is 6.07 Å². The lowest BCUT2D eigenvalue weighted by Gasteiger charge is -2.31. The number of rotatable bonds is 7. The Morgan fingerprint density at radius 3 is 1.93 bits per heavy atom. The molecule has 0 aliphatic rings. The third-order valence-electron chi connectivity index (χ3n) is 5.32. The molecule has 0 spiro atoms. The summed E-state index contributed by atoms with van der Waals surface area (Å²) in [5.41, 5.74) is 1.41. The Bertz CT molecular complexity index is 1030. The Balaban J connectivity index is 1.96. The first-order valence-corrected chi connectivity index (χ1v) is 9.59. The van der Waals surface area contributed by atoms with Crippen molar-refractivity contribution < 1.29 is 14.7 Å². The van der Waals surface area contributed by atoms with Gasteiger partial charge in [0.05, 0.1) is 17.0 Å². The van der Waals surface area contributed by atoms with Gasteiger partial charge in [-0.2, -0.15) is 5.26 Å². The number of amides is 1. The molecule has 1 atom stereocenters. The van der Waals surface area contributed by atoms with Crippen LogP contribution in [0.1, 0.15) is 29.2 Å². The third kappa shape index (κ3) is 4.23. The summed E-state index contributed by atoms with van der Waals surface area (Å²) in [4.78, 5) is 25.4. The van der Waals surface area contributed by atoms with Gasteiger partial charge in [0.2, 0.25) is 5.91 Å². The van der Waals surface area contributed by atoms with Crippen LogP contribution in [0.2, 0.25) is 0 Å². The van der Waals surface area contributed by atoms with E-state index in [1.807, 2.05) is 60.7 Å². The molecule has 0 aromatic heterocycles. The van der Waals surface area contributed by atoms with Crippen molar-refractivity contribution in [3.63, 3.8) is 0 Å². The van der Waals surface area contributed by atoms with Gasteiger partial charge in [0.15, 0.2) is 0 Å². The van der Waals surface area contributed by atoms with Crippen molar-refractivity contribution in [2.75, 3.05) is 0 Å². The minimum absolute atomic E-state index is 0.0183. The van der Waals surface area contributed by atoms with Gasteiger partial charge in [0.25, 0.3) is 0 Å². The van der Waals surface area contributed by atoms with E-state index < -0.39 is 23.3 Å². The van der Waals surface area contributed by atoms with Crippen molar-refractivity contribution in [1.82, 2.24) is 5.32 Å². The van der Waals surface area contributed by atoms with E-state index in [1.165, 1.54) is 0 Å². The molecule has 0 aliphatic heterocycles. The molecule has 5 heteroatoms. The molecular weight excluding hydrogens is 376 g/mol. The molecule has 1 amide bonds. The number of aliphatic carboxylic acids is 1. The molecule has 0 aliphatic carbocycles. The minimum atomic E-state index is -1.17. The Morgan fingerprint density at radius 2 is 1.43 bits per heavy atom. The lowest BCUT2D eigenvalue weighted by atomic mass is 9.75. The van der Waals surface area contributed by atoms with Gasteiger partial charge in [-0.1, -0.05) is 78.9 Å². The van der Waals surface area contributed by atoms with Crippen molar-refractivity contribution in [1.29, 1.82) is 5.26 Å². The van der Waals surface area contributed by atoms with Gasteiger partial charge in [-0.25, -0.2) is 4.79 Å². The molecule has 0 saturated carbocycles. The fourth-order valence-electron chi connectivity index (χ4n) is 3.50. The predicted octanol–water partition coefficient (Wildman–Crippen LogP) is 3.68. The van der Waals surface area contributed by atoms with Crippen molar-refractivity contribution >= 4 is 11.9 Å². The maximum absolute atomic E-state index is 13.5. The molecular formula is C25H22N2O3. The standard InChI is InChI=1S/C25H22N2O3/c1-25(20-12-4-2-5-13-20,21-14-6-3-7-15-21)24(30)27-22(23(28)29)16-18-10-8-9-11-19(18)17-26/h2-15,22H,16H2,1H3,(H,27,30)(H,28,29)/t22-/m0/s1. The van der Waals surface area contributed by atoms with Gasteiger partial charge in [-0.3, -0.25) is 4.79 Å². The number of nitriles is 1. The number of carboxylic acids is 1. The number of hydrogen-bond acceptors (Lipinski definition) is 3. The first-order valence-electron chi connectivity index (χ1n) is 9.59. The normalized spacial score (nSPS) is 11.9. The van der Waals surface area contributed by atoms with E-state index in [0.717, 1.165) is 11.1 Å². The number of carbonyl (C=O) groups is 2. The molecule has 0 unspecified atom stereocenters. The maximum Gasteiger partial charge on any atom is 0.326 e. The van der Waals surface area contributed by atoms with Gasteiger partial charge in [-0.05, 0) is 29.7 Å². The Labute approximate surface area is 175 Å². The zero-order valence-corrected chi connectivity index (χ0v) is 16.6. The van der Waals surface area contributed by atoms with E-state index >= 15 is 0 Å². The highest BCUT2D eigenvalue weighted by molar-refractivity contribution is 5.94. The highest BCUT2D eigenvalue weighted by Gasteiger charge is 2.39. The lowest BCUT2D eigenvalue weighted by Crippen LogP contribution is -2.50. The molecule has 0 heterocycles. The molecule has 150 valence electrons. The van der Waals surface area contributed by atoms with Crippen molar-refractivity contribution in [3.05, 3.63) is 107 Å². The number of carbonyl (C=O) groups excluding carboxylic acids is 1. The van der Waals surface area contributed by atoms with Crippen LogP contribution in [-0.4, -0.2) is 23.0 Å². The SMILES string of the molecule is CC(C(=O)N[C@@H](Cc1ccccc1C#N)C(=O)O)(c1ccccc1)c1ccccc1. The summed E-state index contributed by atoms with van der Waals surface area (Å²) < 4.78 is 0. The van der Waals surface area contributed by atoms with Crippen LogP contribution in [0.5, 0.6) is 0 Å². The Hall–Kier alpha value is -3.91. The second-order valence-corrected chi connectivity index (χ2v) is 7.19. The van der Waals surface area contributed by atoms with Gasteiger partial charge < -0.3 is 10.4 Å². The molecule has 5 nitrogen and oxygen atoms in total. The van der Waals surface area contributed by atoms with Crippen LogP contribution in [0.3, 0.4) is 0 Å². The number of benzene rings is 3. The number of carboxylic acid groups (broad SMARTS) is 1. The minimum Gasteiger partial charge on any atom is -0.480 e. The van der Waals surface area contributed by atoms with E-state index in [2.05, 4.69) is 11.4 Å². The van der Waals surface area contributed by atoms with Crippen LogP contribution in [0.15, 0.2) is 84.9 Å². The monoisotopic (exact) mass is 398 g/mol. The smallest absolute Gasteiger partial charge is 0.326 e. The highest BCUT2D eigenvalue weighted by Crippen LogP contribution is 2.32. The molecule has 0 fully saturated rings. The van der Waals surface area contributed by atoms with E-state index in [-0.39, 0.29) is 6.42 Å². The summed E-state index contributed by atoms with van der Waals surface area (Å²) in [7, 11) is 0. The van der Waals surface area contributed by atoms with Crippen LogP contribution in [0.4, 0.5) is 0 Å².